The fraction of sp³-hybridized carbons (Fsp3) is 0.235. The molecular weight excluding hydrogens is 297 g/mol. The molecule has 0 saturated heterocycles. The Kier molecular flexibility index (Phi) is 5.41. The number of halogens is 1. The van der Waals surface area contributed by atoms with Crippen molar-refractivity contribution in [3.63, 3.8) is 0 Å². The number of nitrogens with one attached hydrogen (secondary N) is 1. The van der Waals surface area contributed by atoms with Gasteiger partial charge >= 0.3 is 0 Å². The highest BCUT2D eigenvalue weighted by atomic mass is 19.1. The van der Waals surface area contributed by atoms with Crippen LogP contribution < -0.4 is 10.2 Å². The minimum absolute atomic E-state index is 0.0762. The van der Waals surface area contributed by atoms with Crippen LogP contribution in [0.1, 0.15) is 30.6 Å². The molecule has 0 unspecified atom stereocenters. The first-order valence-electron chi connectivity index (χ1n) is 7.39. The van der Waals surface area contributed by atoms with E-state index >= 15 is 0 Å². The number of hydrogen-bond donors (Lipinski definition) is 1. The summed E-state index contributed by atoms with van der Waals surface area (Å²) in [5, 5.41) is 2.70. The van der Waals surface area contributed by atoms with Gasteiger partial charge in [0.1, 0.15) is 6.54 Å². The summed E-state index contributed by atoms with van der Waals surface area (Å²) in [6.07, 6.45) is 2.41. The summed E-state index contributed by atoms with van der Waals surface area (Å²) in [5.41, 5.74) is 1.42. The molecule has 0 bridgehead atoms. The average molecular weight is 315 g/mol. The highest BCUT2D eigenvalue weighted by Gasteiger charge is 2.27. The fourth-order valence-electron chi connectivity index (χ4n) is 2.07. The number of pyridine rings is 1. The number of hydrogen-bond acceptors (Lipinski definition) is 3. The Balaban J connectivity index is 0.000000595. The first-order valence-corrected chi connectivity index (χ1v) is 7.39. The maximum atomic E-state index is 12.8. The molecule has 0 saturated carbocycles. The maximum Gasteiger partial charge on any atom is 0.260 e. The first-order chi connectivity index (χ1) is 11.1. The van der Waals surface area contributed by atoms with Gasteiger partial charge in [0.25, 0.3) is 5.91 Å². The van der Waals surface area contributed by atoms with Crippen molar-refractivity contribution in [2.24, 2.45) is 0 Å². The Labute approximate surface area is 134 Å². The minimum Gasteiger partial charge on any atom is -0.323 e. The zero-order valence-corrected chi connectivity index (χ0v) is 13.0. The van der Waals surface area contributed by atoms with Gasteiger partial charge in [0.05, 0.1) is 16.9 Å². The van der Waals surface area contributed by atoms with Crippen LogP contribution in [0.15, 0.2) is 42.6 Å². The van der Waals surface area contributed by atoms with Crippen LogP contribution in [0.25, 0.3) is 0 Å². The predicted molar refractivity (Wildman–Crippen MR) is 86.9 cm³/mol. The molecule has 0 aliphatic carbocycles. The molecule has 0 radical (unpaired) electrons. The lowest BCUT2D eigenvalue weighted by molar-refractivity contribution is -0.115. The van der Waals surface area contributed by atoms with E-state index in [1.807, 2.05) is 0 Å². The molecule has 23 heavy (non-hydrogen) atoms. The normalized spacial score (nSPS) is 12.7. The summed E-state index contributed by atoms with van der Waals surface area (Å²) in [5.74, 6) is -1.31. The zero-order valence-electron chi connectivity index (χ0n) is 13.0. The van der Waals surface area contributed by atoms with Crippen molar-refractivity contribution in [1.82, 2.24) is 4.98 Å². The van der Waals surface area contributed by atoms with Crippen molar-refractivity contribution in [2.75, 3.05) is 16.8 Å². The molecule has 120 valence electrons. The van der Waals surface area contributed by atoms with Gasteiger partial charge in [-0.1, -0.05) is 32.4 Å². The van der Waals surface area contributed by atoms with Crippen LogP contribution in [0.3, 0.4) is 0 Å². The number of anilines is 2. The molecule has 0 fully saturated rings. The van der Waals surface area contributed by atoms with Gasteiger partial charge in [-0.15, -0.1) is 0 Å². The molecule has 2 aromatic rings. The summed E-state index contributed by atoms with van der Waals surface area (Å²) in [4.78, 5) is 28.9. The number of fused-ring (bicyclic) bond motifs is 1. The zero-order chi connectivity index (χ0) is 16.8. The molecule has 1 aromatic heterocycles. The van der Waals surface area contributed by atoms with E-state index in [4.69, 9.17) is 0 Å². The van der Waals surface area contributed by atoms with E-state index in [1.54, 1.807) is 24.3 Å². The quantitative estimate of drug-likeness (QED) is 0.822. The third kappa shape index (κ3) is 3.91. The Bertz CT molecular complexity index is 701. The molecule has 0 atom stereocenters. The highest BCUT2D eigenvalue weighted by Crippen LogP contribution is 2.29. The van der Waals surface area contributed by atoms with Crippen molar-refractivity contribution in [3.05, 3.63) is 54.1 Å². The first kappa shape index (κ1) is 16.6. The number of para-hydroxylation sites is 2. The lowest BCUT2D eigenvalue weighted by atomic mass is 10.1. The molecule has 1 aliphatic rings. The second-order valence-electron chi connectivity index (χ2n) is 5.03. The lowest BCUT2D eigenvalue weighted by Gasteiger charge is -2.29. The van der Waals surface area contributed by atoms with Gasteiger partial charge in [0, 0.05) is 6.20 Å². The van der Waals surface area contributed by atoms with Crippen molar-refractivity contribution < 1.29 is 14.0 Å². The Morgan fingerprint density at radius 3 is 2.61 bits per heavy atom. The third-order valence-electron chi connectivity index (χ3n) is 2.99. The number of nitrogens with zero attached hydrogens (tertiary/aromatic N) is 2. The third-order valence-corrected chi connectivity index (χ3v) is 2.99. The van der Waals surface area contributed by atoms with E-state index in [0.29, 0.717) is 11.4 Å². The average Bonchev–Trinajstić information content (AvgIpc) is 2.55. The summed E-state index contributed by atoms with van der Waals surface area (Å²) in [6, 6.07) is 9.47. The van der Waals surface area contributed by atoms with Crippen molar-refractivity contribution in [1.29, 1.82) is 0 Å². The van der Waals surface area contributed by atoms with E-state index in [1.165, 1.54) is 17.4 Å². The number of aromatic nitrogens is 1. The number of carbonyl (C=O) groups is 2. The molecule has 1 N–H and O–H groups in total. The summed E-state index contributed by atoms with van der Waals surface area (Å²) < 4.78 is 12.8. The molecule has 1 aromatic carbocycles. The second-order valence-corrected chi connectivity index (χ2v) is 5.03. The van der Waals surface area contributed by atoms with E-state index < -0.39 is 5.95 Å². The van der Waals surface area contributed by atoms with Gasteiger partial charge in [-0.05, 0) is 24.3 Å². The number of carbonyl (C=O) groups excluding carboxylic acids is 2. The van der Waals surface area contributed by atoms with Crippen LogP contribution in [-0.2, 0) is 4.79 Å². The van der Waals surface area contributed by atoms with E-state index in [-0.39, 0.29) is 23.9 Å². The smallest absolute Gasteiger partial charge is 0.260 e. The van der Waals surface area contributed by atoms with Crippen LogP contribution in [0.4, 0.5) is 15.8 Å². The van der Waals surface area contributed by atoms with Crippen LogP contribution in [0, 0.1) is 5.95 Å². The van der Waals surface area contributed by atoms with Crippen molar-refractivity contribution in [2.45, 2.75) is 20.3 Å². The topological polar surface area (TPSA) is 62.3 Å². The molecule has 1 aliphatic heterocycles. The monoisotopic (exact) mass is 315 g/mol. The number of amides is 2. The van der Waals surface area contributed by atoms with Crippen molar-refractivity contribution >= 4 is 23.2 Å². The molecule has 3 rings (SSSR count). The molecule has 2 amide bonds. The molecule has 5 nitrogen and oxygen atoms in total. The minimum atomic E-state index is -0.654. The Hall–Kier alpha value is -2.76. The molecular formula is C17H18FN3O2. The van der Waals surface area contributed by atoms with Gasteiger partial charge in [0.15, 0.2) is 0 Å². The summed E-state index contributed by atoms with van der Waals surface area (Å²) >= 11 is 0. The molecule has 0 spiro atoms. The lowest BCUT2D eigenvalue weighted by Crippen LogP contribution is -2.42. The number of rotatable bonds is 1. The van der Waals surface area contributed by atoms with Gasteiger partial charge < -0.3 is 5.32 Å². The van der Waals surface area contributed by atoms with Crippen LogP contribution in [0.2, 0.25) is 0 Å². The standard InChI is InChI=1S/C14H10FN3O2.C3H8/c15-12-6-5-9(7-16-12)14(20)18-8-13(19)17-10-3-1-2-4-11(10)18;1-3-2/h1-7H,8H2,(H,17,19);3H2,1-2H3. The van der Waals surface area contributed by atoms with E-state index in [2.05, 4.69) is 24.1 Å². The maximum absolute atomic E-state index is 12.8. The van der Waals surface area contributed by atoms with Crippen LogP contribution in [0.5, 0.6) is 0 Å². The molecule has 2 heterocycles. The number of benzene rings is 1. The summed E-state index contributed by atoms with van der Waals surface area (Å²) in [7, 11) is 0. The SMILES string of the molecule is CCC.O=C1CN(C(=O)c2ccc(F)nc2)c2ccccc2N1. The second kappa shape index (κ2) is 7.49. The van der Waals surface area contributed by atoms with E-state index in [9.17, 15) is 14.0 Å². The fourth-order valence-corrected chi connectivity index (χ4v) is 2.07. The Morgan fingerprint density at radius 2 is 1.96 bits per heavy atom. The predicted octanol–water partition coefficient (Wildman–Crippen LogP) is 3.24. The van der Waals surface area contributed by atoms with Gasteiger partial charge in [-0.25, -0.2) is 4.98 Å². The van der Waals surface area contributed by atoms with Crippen LogP contribution in [-0.4, -0.2) is 23.3 Å². The van der Waals surface area contributed by atoms with Crippen LogP contribution >= 0.6 is 0 Å². The largest absolute Gasteiger partial charge is 0.323 e. The Morgan fingerprint density at radius 1 is 1.26 bits per heavy atom. The van der Waals surface area contributed by atoms with E-state index in [0.717, 1.165) is 12.3 Å². The van der Waals surface area contributed by atoms with Gasteiger partial charge in [-0.3, -0.25) is 14.5 Å². The van der Waals surface area contributed by atoms with Gasteiger partial charge in [-0.2, -0.15) is 4.39 Å². The van der Waals surface area contributed by atoms with Gasteiger partial charge in [0.2, 0.25) is 11.9 Å². The summed E-state index contributed by atoms with van der Waals surface area (Å²) in [6.45, 7) is 4.17. The van der Waals surface area contributed by atoms with Crippen molar-refractivity contribution in [3.8, 4) is 0 Å². The molecule has 6 heteroatoms. The highest BCUT2D eigenvalue weighted by molar-refractivity contribution is 6.14.